The Morgan fingerprint density at radius 1 is 0.875 bits per heavy atom. The van der Waals surface area contributed by atoms with Gasteiger partial charge in [0.05, 0.1) is 5.56 Å². The Kier molecular flexibility index (Phi) is 5.67. The highest BCUT2D eigenvalue weighted by Gasteiger charge is 2.26. The third-order valence-electron chi connectivity index (χ3n) is 6.07. The molecule has 164 valence electrons. The fourth-order valence-electron chi connectivity index (χ4n) is 4.12. The van der Waals surface area contributed by atoms with Crippen molar-refractivity contribution in [1.29, 1.82) is 0 Å². The van der Waals surface area contributed by atoms with Crippen LogP contribution in [0, 0.1) is 0 Å². The summed E-state index contributed by atoms with van der Waals surface area (Å²) < 4.78 is 5.87. The van der Waals surface area contributed by atoms with Crippen molar-refractivity contribution in [2.24, 2.45) is 0 Å². The molecule has 6 heteroatoms. The number of ether oxygens (including phenoxy) is 1. The Morgan fingerprint density at radius 3 is 2.22 bits per heavy atom. The van der Waals surface area contributed by atoms with E-state index in [2.05, 4.69) is 22.3 Å². The standard InChI is InChI=1S/C26H27N3O3/c30-25(27-21-10-11-21)18-32-24-17-20-7-5-4-6-19(20)16-23(24)26(31)29-14-12-28(13-15-29)22-8-2-1-3-9-22/h1-9,16-17,21H,10-15,18H2,(H,27,30). The van der Waals surface area contributed by atoms with Crippen LogP contribution in [-0.4, -0.2) is 55.5 Å². The lowest BCUT2D eigenvalue weighted by Crippen LogP contribution is -2.48. The predicted octanol–water partition coefficient (Wildman–Crippen LogP) is 3.46. The zero-order valence-electron chi connectivity index (χ0n) is 18.0. The molecule has 0 unspecified atom stereocenters. The second kappa shape index (κ2) is 8.91. The van der Waals surface area contributed by atoms with Crippen LogP contribution in [0.2, 0.25) is 0 Å². The van der Waals surface area contributed by atoms with E-state index in [1.54, 1.807) is 0 Å². The van der Waals surface area contributed by atoms with E-state index in [-0.39, 0.29) is 24.5 Å². The monoisotopic (exact) mass is 429 g/mol. The number of benzene rings is 3. The van der Waals surface area contributed by atoms with Crippen molar-refractivity contribution in [2.75, 3.05) is 37.7 Å². The molecule has 0 bridgehead atoms. The first-order valence-electron chi connectivity index (χ1n) is 11.2. The molecule has 1 N–H and O–H groups in total. The van der Waals surface area contributed by atoms with Crippen molar-refractivity contribution in [1.82, 2.24) is 10.2 Å². The predicted molar refractivity (Wildman–Crippen MR) is 125 cm³/mol. The summed E-state index contributed by atoms with van der Waals surface area (Å²) >= 11 is 0. The van der Waals surface area contributed by atoms with Gasteiger partial charge in [-0.3, -0.25) is 9.59 Å². The van der Waals surface area contributed by atoms with Gasteiger partial charge in [0.2, 0.25) is 0 Å². The first-order chi connectivity index (χ1) is 15.7. The molecule has 1 saturated carbocycles. The molecule has 32 heavy (non-hydrogen) atoms. The van der Waals surface area contributed by atoms with Gasteiger partial charge in [-0.1, -0.05) is 42.5 Å². The Labute approximate surface area is 187 Å². The Bertz CT molecular complexity index is 1120. The summed E-state index contributed by atoms with van der Waals surface area (Å²) in [5.41, 5.74) is 1.69. The van der Waals surface area contributed by atoms with Crippen molar-refractivity contribution in [2.45, 2.75) is 18.9 Å². The number of carbonyl (C=O) groups is 2. The van der Waals surface area contributed by atoms with Gasteiger partial charge in [0.25, 0.3) is 11.8 Å². The molecule has 1 aliphatic carbocycles. The molecule has 0 atom stereocenters. The number of hydrogen-bond acceptors (Lipinski definition) is 4. The van der Waals surface area contributed by atoms with Gasteiger partial charge >= 0.3 is 0 Å². The quantitative estimate of drug-likeness (QED) is 0.652. The normalized spacial score (nSPS) is 16.1. The van der Waals surface area contributed by atoms with Crippen LogP contribution in [0.5, 0.6) is 5.75 Å². The third-order valence-corrected chi connectivity index (χ3v) is 6.07. The van der Waals surface area contributed by atoms with Crippen LogP contribution in [0.4, 0.5) is 5.69 Å². The van der Waals surface area contributed by atoms with Crippen molar-refractivity contribution in [3.63, 3.8) is 0 Å². The number of amides is 2. The van der Waals surface area contributed by atoms with Gasteiger partial charge in [0.1, 0.15) is 5.75 Å². The van der Waals surface area contributed by atoms with Gasteiger partial charge < -0.3 is 19.9 Å². The molecule has 2 fully saturated rings. The number of nitrogens with one attached hydrogen (secondary N) is 1. The smallest absolute Gasteiger partial charge is 0.258 e. The molecule has 6 nitrogen and oxygen atoms in total. The lowest BCUT2D eigenvalue weighted by molar-refractivity contribution is -0.123. The number of para-hydroxylation sites is 1. The lowest BCUT2D eigenvalue weighted by Gasteiger charge is -2.36. The van der Waals surface area contributed by atoms with E-state index in [0.29, 0.717) is 24.4 Å². The van der Waals surface area contributed by atoms with E-state index in [0.717, 1.165) is 36.7 Å². The van der Waals surface area contributed by atoms with E-state index in [9.17, 15) is 9.59 Å². The summed E-state index contributed by atoms with van der Waals surface area (Å²) in [4.78, 5) is 29.8. The number of piperazine rings is 1. The van der Waals surface area contributed by atoms with Crippen molar-refractivity contribution >= 4 is 28.3 Å². The van der Waals surface area contributed by atoms with Crippen molar-refractivity contribution in [3.8, 4) is 5.75 Å². The number of fused-ring (bicyclic) bond motifs is 1. The maximum Gasteiger partial charge on any atom is 0.258 e. The average molecular weight is 430 g/mol. The van der Waals surface area contributed by atoms with Gasteiger partial charge in [-0.25, -0.2) is 0 Å². The summed E-state index contributed by atoms with van der Waals surface area (Å²) in [7, 11) is 0. The lowest BCUT2D eigenvalue weighted by atomic mass is 10.0. The van der Waals surface area contributed by atoms with Gasteiger partial charge in [0.15, 0.2) is 6.61 Å². The van der Waals surface area contributed by atoms with E-state index in [1.165, 1.54) is 5.69 Å². The van der Waals surface area contributed by atoms with Gasteiger partial charge in [0, 0.05) is 37.9 Å². The SMILES string of the molecule is O=C(COc1cc2ccccc2cc1C(=O)N1CCN(c2ccccc2)CC1)NC1CC1. The van der Waals surface area contributed by atoms with Crippen molar-refractivity contribution in [3.05, 3.63) is 72.3 Å². The van der Waals surface area contributed by atoms with Gasteiger partial charge in [-0.15, -0.1) is 0 Å². The maximum absolute atomic E-state index is 13.5. The van der Waals surface area contributed by atoms with Gasteiger partial charge in [-0.05, 0) is 47.9 Å². The fourth-order valence-corrected chi connectivity index (χ4v) is 4.12. The van der Waals surface area contributed by atoms with Crippen LogP contribution in [0.15, 0.2) is 66.7 Å². The molecule has 3 aromatic rings. The van der Waals surface area contributed by atoms with E-state index in [1.807, 2.05) is 59.5 Å². The average Bonchev–Trinajstić information content (AvgIpc) is 3.66. The molecule has 0 aromatic heterocycles. The zero-order valence-corrected chi connectivity index (χ0v) is 18.0. The van der Waals surface area contributed by atoms with Crippen LogP contribution in [0.3, 0.4) is 0 Å². The van der Waals surface area contributed by atoms with E-state index >= 15 is 0 Å². The van der Waals surface area contributed by atoms with Crippen molar-refractivity contribution < 1.29 is 14.3 Å². The zero-order chi connectivity index (χ0) is 21.9. The number of hydrogen-bond donors (Lipinski definition) is 1. The molecule has 2 amide bonds. The summed E-state index contributed by atoms with van der Waals surface area (Å²) in [6.45, 7) is 2.76. The summed E-state index contributed by atoms with van der Waals surface area (Å²) in [5, 5.41) is 4.89. The number of carbonyl (C=O) groups excluding carboxylic acids is 2. The highest BCUT2D eigenvalue weighted by molar-refractivity contribution is 6.02. The highest BCUT2D eigenvalue weighted by Crippen LogP contribution is 2.28. The van der Waals surface area contributed by atoms with Crippen LogP contribution in [0.1, 0.15) is 23.2 Å². The van der Waals surface area contributed by atoms with Crippen LogP contribution < -0.4 is 15.0 Å². The first-order valence-corrected chi connectivity index (χ1v) is 11.2. The Hall–Kier alpha value is -3.54. The minimum absolute atomic E-state index is 0.0546. The minimum atomic E-state index is -0.143. The number of rotatable bonds is 6. The summed E-state index contributed by atoms with van der Waals surface area (Å²) in [5.74, 6) is 0.265. The van der Waals surface area contributed by atoms with E-state index in [4.69, 9.17) is 4.74 Å². The molecular formula is C26H27N3O3. The molecule has 5 rings (SSSR count). The second-order valence-electron chi connectivity index (χ2n) is 8.44. The Balaban J connectivity index is 1.33. The minimum Gasteiger partial charge on any atom is -0.483 e. The van der Waals surface area contributed by atoms with Gasteiger partial charge in [-0.2, -0.15) is 0 Å². The number of nitrogens with zero attached hydrogens (tertiary/aromatic N) is 2. The van der Waals surface area contributed by atoms with Crippen LogP contribution in [-0.2, 0) is 4.79 Å². The molecular weight excluding hydrogens is 402 g/mol. The molecule has 0 spiro atoms. The van der Waals surface area contributed by atoms with E-state index < -0.39 is 0 Å². The molecule has 3 aromatic carbocycles. The molecule has 2 aliphatic rings. The summed E-state index contributed by atoms with van der Waals surface area (Å²) in [6.07, 6.45) is 2.06. The largest absolute Gasteiger partial charge is 0.483 e. The topological polar surface area (TPSA) is 61.9 Å². The first kappa shape index (κ1) is 20.4. The van der Waals surface area contributed by atoms with Crippen LogP contribution >= 0.6 is 0 Å². The van der Waals surface area contributed by atoms with Crippen LogP contribution in [0.25, 0.3) is 10.8 Å². The maximum atomic E-state index is 13.5. The second-order valence-corrected chi connectivity index (χ2v) is 8.44. The highest BCUT2D eigenvalue weighted by atomic mass is 16.5. The number of anilines is 1. The summed E-state index contributed by atoms with van der Waals surface area (Å²) in [6, 6.07) is 22.2. The molecule has 1 aliphatic heterocycles. The third kappa shape index (κ3) is 4.54. The molecule has 1 heterocycles. The Morgan fingerprint density at radius 2 is 1.53 bits per heavy atom. The fraction of sp³-hybridized carbons (Fsp3) is 0.308. The molecule has 0 radical (unpaired) electrons. The molecule has 1 saturated heterocycles.